The van der Waals surface area contributed by atoms with Gasteiger partial charge in [0.1, 0.15) is 11.6 Å². The molecule has 1 aromatic heterocycles. The average molecular weight is 335 g/mol. The summed E-state index contributed by atoms with van der Waals surface area (Å²) in [6.45, 7) is 8.64. The molecule has 0 aliphatic heterocycles. The van der Waals surface area contributed by atoms with E-state index in [-0.39, 0.29) is 5.41 Å². The molecule has 0 saturated heterocycles. The maximum absolute atomic E-state index is 5.05. The first kappa shape index (κ1) is 16.6. The van der Waals surface area contributed by atoms with Crippen LogP contribution in [0, 0.1) is 6.92 Å². The van der Waals surface area contributed by atoms with E-state index in [4.69, 9.17) is 9.97 Å². The van der Waals surface area contributed by atoms with Crippen LogP contribution in [0.15, 0.2) is 24.3 Å². The molecule has 0 N–H and O–H groups in total. The molecule has 0 fully saturated rings. The molecule has 0 radical (unpaired) electrons. The zero-order valence-corrected chi connectivity index (χ0v) is 15.8. The normalized spacial score (nSPS) is 21.2. The second-order valence-electron chi connectivity index (χ2n) is 7.59. The molecule has 1 aromatic carbocycles. The van der Waals surface area contributed by atoms with Crippen molar-refractivity contribution in [3.05, 3.63) is 52.5 Å². The van der Waals surface area contributed by atoms with Gasteiger partial charge < -0.3 is 4.90 Å². The summed E-state index contributed by atoms with van der Waals surface area (Å²) >= 11 is 0. The second kappa shape index (κ2) is 6.44. The van der Waals surface area contributed by atoms with Crippen molar-refractivity contribution >= 4 is 5.82 Å². The number of rotatable bonds is 4. The van der Waals surface area contributed by atoms with E-state index in [9.17, 15) is 0 Å². The number of hydrogen-bond acceptors (Lipinski definition) is 3. The molecule has 1 heterocycles. The van der Waals surface area contributed by atoms with Crippen molar-refractivity contribution in [3.63, 3.8) is 0 Å². The Morgan fingerprint density at radius 2 is 1.92 bits per heavy atom. The van der Waals surface area contributed by atoms with Crippen LogP contribution in [0.2, 0.25) is 0 Å². The summed E-state index contributed by atoms with van der Waals surface area (Å²) in [5, 5.41) is 0. The third-order valence-electron chi connectivity index (χ3n) is 6.11. The lowest BCUT2D eigenvalue weighted by Gasteiger charge is -2.38. The Kier molecular flexibility index (Phi) is 4.26. The van der Waals surface area contributed by atoms with E-state index in [1.165, 1.54) is 53.9 Å². The number of aryl methyl sites for hydroxylation is 2. The van der Waals surface area contributed by atoms with Gasteiger partial charge in [0.25, 0.3) is 0 Å². The molecule has 0 bridgehead atoms. The van der Waals surface area contributed by atoms with Crippen LogP contribution < -0.4 is 4.90 Å². The lowest BCUT2D eigenvalue weighted by atomic mass is 9.69. The highest BCUT2D eigenvalue weighted by molar-refractivity contribution is 5.57. The van der Waals surface area contributed by atoms with E-state index in [1.807, 2.05) is 0 Å². The minimum absolute atomic E-state index is 0.123. The lowest BCUT2D eigenvalue weighted by Crippen LogP contribution is -2.35. The number of benzene rings is 1. The fourth-order valence-electron chi connectivity index (χ4n) is 5.03. The van der Waals surface area contributed by atoms with Crippen LogP contribution in [-0.4, -0.2) is 23.1 Å². The quantitative estimate of drug-likeness (QED) is 0.818. The van der Waals surface area contributed by atoms with Gasteiger partial charge in [-0.15, -0.1) is 0 Å². The van der Waals surface area contributed by atoms with Crippen LogP contribution in [0.1, 0.15) is 67.7 Å². The number of nitrogens with zero attached hydrogens (tertiary/aromatic N) is 3. The monoisotopic (exact) mass is 335 g/mol. The van der Waals surface area contributed by atoms with Crippen molar-refractivity contribution in [3.8, 4) is 0 Å². The largest absolute Gasteiger partial charge is 0.357 e. The van der Waals surface area contributed by atoms with E-state index in [2.05, 4.69) is 49.9 Å². The molecular weight excluding hydrogens is 306 g/mol. The van der Waals surface area contributed by atoms with Crippen LogP contribution in [0.5, 0.6) is 0 Å². The van der Waals surface area contributed by atoms with Gasteiger partial charge in [0, 0.05) is 24.1 Å². The molecule has 0 saturated carbocycles. The average Bonchev–Trinajstić information content (AvgIpc) is 3.00. The summed E-state index contributed by atoms with van der Waals surface area (Å²) in [6.07, 6.45) is 7.13. The Morgan fingerprint density at radius 1 is 1.08 bits per heavy atom. The first-order valence-electron chi connectivity index (χ1n) is 9.91. The summed E-state index contributed by atoms with van der Waals surface area (Å²) in [6, 6.07) is 9.03. The van der Waals surface area contributed by atoms with Crippen molar-refractivity contribution in [1.82, 2.24) is 9.97 Å². The fourth-order valence-corrected chi connectivity index (χ4v) is 5.03. The zero-order valence-electron chi connectivity index (χ0n) is 15.8. The van der Waals surface area contributed by atoms with Gasteiger partial charge in [-0.2, -0.15) is 0 Å². The van der Waals surface area contributed by atoms with Crippen LogP contribution in [-0.2, 0) is 18.3 Å². The third kappa shape index (κ3) is 2.56. The van der Waals surface area contributed by atoms with Crippen LogP contribution in [0.3, 0.4) is 0 Å². The molecule has 2 aliphatic rings. The molecule has 3 heteroatoms. The van der Waals surface area contributed by atoms with Gasteiger partial charge in [-0.1, -0.05) is 31.2 Å². The molecule has 1 atom stereocenters. The van der Waals surface area contributed by atoms with Gasteiger partial charge >= 0.3 is 0 Å². The molecule has 1 unspecified atom stereocenters. The Morgan fingerprint density at radius 3 is 2.72 bits per heavy atom. The Hall–Kier alpha value is -1.90. The zero-order chi connectivity index (χ0) is 17.4. The summed E-state index contributed by atoms with van der Waals surface area (Å²) in [4.78, 5) is 12.4. The molecule has 132 valence electrons. The first-order chi connectivity index (χ1) is 12.2. The molecule has 25 heavy (non-hydrogen) atoms. The predicted octanol–water partition coefficient (Wildman–Crippen LogP) is 4.59. The molecule has 4 rings (SSSR count). The predicted molar refractivity (Wildman–Crippen MR) is 103 cm³/mol. The number of aromatic nitrogens is 2. The van der Waals surface area contributed by atoms with Gasteiger partial charge in [-0.25, -0.2) is 9.97 Å². The summed E-state index contributed by atoms with van der Waals surface area (Å²) in [5.74, 6) is 2.13. The van der Waals surface area contributed by atoms with Crippen molar-refractivity contribution in [2.24, 2.45) is 0 Å². The molecule has 3 nitrogen and oxygen atoms in total. The van der Waals surface area contributed by atoms with Gasteiger partial charge in [0.15, 0.2) is 0 Å². The minimum atomic E-state index is 0.123. The van der Waals surface area contributed by atoms with Crippen LogP contribution in [0.25, 0.3) is 0 Å². The molecule has 2 aliphatic carbocycles. The molecular formula is C22H29N3. The Bertz CT molecular complexity index is 783. The Labute approximate surface area is 151 Å². The number of anilines is 1. The highest BCUT2D eigenvalue weighted by Crippen LogP contribution is 2.51. The highest BCUT2D eigenvalue weighted by atomic mass is 15.2. The standard InChI is InChI=1S/C22H29N3/c1-4-15-25(5-2)21-18-10-8-13-22(20(18)23-16(3)24-21)14-12-17-9-6-7-11-19(17)22/h6-7,9,11H,4-5,8,10,12-15H2,1-3H3. The number of hydrogen-bond donors (Lipinski definition) is 0. The van der Waals surface area contributed by atoms with E-state index in [1.54, 1.807) is 0 Å². The second-order valence-corrected chi connectivity index (χ2v) is 7.59. The van der Waals surface area contributed by atoms with Crippen molar-refractivity contribution in [2.45, 2.75) is 64.7 Å². The van der Waals surface area contributed by atoms with Crippen molar-refractivity contribution in [1.29, 1.82) is 0 Å². The van der Waals surface area contributed by atoms with Crippen LogP contribution in [0.4, 0.5) is 5.82 Å². The Balaban J connectivity index is 1.90. The van der Waals surface area contributed by atoms with Gasteiger partial charge in [-0.3, -0.25) is 0 Å². The summed E-state index contributed by atoms with van der Waals surface area (Å²) in [5.41, 5.74) is 5.93. The van der Waals surface area contributed by atoms with Gasteiger partial charge in [0.2, 0.25) is 0 Å². The maximum Gasteiger partial charge on any atom is 0.135 e. The van der Waals surface area contributed by atoms with Gasteiger partial charge in [-0.05, 0) is 63.5 Å². The fraction of sp³-hybridized carbons (Fsp3) is 0.545. The van der Waals surface area contributed by atoms with E-state index >= 15 is 0 Å². The minimum Gasteiger partial charge on any atom is -0.357 e. The summed E-state index contributed by atoms with van der Waals surface area (Å²) in [7, 11) is 0. The van der Waals surface area contributed by atoms with Gasteiger partial charge in [0.05, 0.1) is 5.69 Å². The van der Waals surface area contributed by atoms with Crippen molar-refractivity contribution in [2.75, 3.05) is 18.0 Å². The van der Waals surface area contributed by atoms with Crippen LogP contribution >= 0.6 is 0 Å². The molecule has 2 aromatic rings. The molecule has 0 amide bonds. The summed E-state index contributed by atoms with van der Waals surface area (Å²) < 4.78 is 0. The van der Waals surface area contributed by atoms with E-state index in [0.29, 0.717) is 0 Å². The van der Waals surface area contributed by atoms with E-state index in [0.717, 1.165) is 31.8 Å². The highest BCUT2D eigenvalue weighted by Gasteiger charge is 2.45. The molecule has 1 spiro atoms. The maximum atomic E-state index is 5.05. The number of fused-ring (bicyclic) bond motifs is 4. The lowest BCUT2D eigenvalue weighted by molar-refractivity contribution is 0.409. The topological polar surface area (TPSA) is 29.0 Å². The smallest absolute Gasteiger partial charge is 0.135 e. The first-order valence-corrected chi connectivity index (χ1v) is 9.91. The van der Waals surface area contributed by atoms with E-state index < -0.39 is 0 Å². The third-order valence-corrected chi connectivity index (χ3v) is 6.11. The SMILES string of the molecule is CCCN(CC)c1nc(C)nc2c1CCCC21CCc2ccccc21. The van der Waals surface area contributed by atoms with Crippen molar-refractivity contribution < 1.29 is 0 Å².